The standard InChI is InChI=1S/C12H10N2OS/c1-14-10-7-8(16)4-5-9(10)13-12(14)11-3-2-6-15-11/h2-7,16H,1H3. The zero-order chi connectivity index (χ0) is 11.1. The SMILES string of the molecule is Cn1c(-c2ccco2)nc2ccc(S)cc21. The van der Waals surface area contributed by atoms with Gasteiger partial charge >= 0.3 is 0 Å². The van der Waals surface area contributed by atoms with Gasteiger partial charge in [0.05, 0.1) is 17.3 Å². The van der Waals surface area contributed by atoms with Crippen LogP contribution in [0, 0.1) is 0 Å². The van der Waals surface area contributed by atoms with Gasteiger partial charge in [0, 0.05) is 11.9 Å². The van der Waals surface area contributed by atoms with Crippen molar-refractivity contribution in [3.05, 3.63) is 36.6 Å². The Labute approximate surface area is 98.1 Å². The van der Waals surface area contributed by atoms with Gasteiger partial charge in [-0.15, -0.1) is 12.6 Å². The fourth-order valence-corrected chi connectivity index (χ4v) is 2.00. The van der Waals surface area contributed by atoms with Gasteiger partial charge in [0.2, 0.25) is 0 Å². The Morgan fingerprint density at radius 1 is 1.31 bits per heavy atom. The van der Waals surface area contributed by atoms with Gasteiger partial charge < -0.3 is 8.98 Å². The second-order valence-electron chi connectivity index (χ2n) is 3.64. The second-order valence-corrected chi connectivity index (χ2v) is 4.16. The summed E-state index contributed by atoms with van der Waals surface area (Å²) < 4.78 is 7.37. The zero-order valence-corrected chi connectivity index (χ0v) is 9.61. The summed E-state index contributed by atoms with van der Waals surface area (Å²) in [4.78, 5) is 5.46. The zero-order valence-electron chi connectivity index (χ0n) is 8.71. The minimum atomic E-state index is 0.777. The van der Waals surface area contributed by atoms with E-state index < -0.39 is 0 Å². The molecule has 2 heterocycles. The van der Waals surface area contributed by atoms with Crippen molar-refractivity contribution >= 4 is 23.7 Å². The van der Waals surface area contributed by atoms with E-state index in [-0.39, 0.29) is 0 Å². The Bertz CT molecular complexity index is 640. The van der Waals surface area contributed by atoms with Gasteiger partial charge in [-0.1, -0.05) is 0 Å². The number of hydrogen-bond acceptors (Lipinski definition) is 3. The Morgan fingerprint density at radius 3 is 2.94 bits per heavy atom. The fraction of sp³-hybridized carbons (Fsp3) is 0.0833. The Kier molecular flexibility index (Phi) is 2.04. The number of aryl methyl sites for hydroxylation is 1. The molecule has 4 heteroatoms. The Balaban J connectivity index is 2.32. The number of thiol groups is 1. The number of imidazole rings is 1. The van der Waals surface area contributed by atoms with Crippen LogP contribution in [0.4, 0.5) is 0 Å². The van der Waals surface area contributed by atoms with E-state index in [1.54, 1.807) is 6.26 Å². The quantitative estimate of drug-likeness (QED) is 0.651. The van der Waals surface area contributed by atoms with E-state index in [2.05, 4.69) is 17.6 Å². The molecule has 0 aliphatic rings. The van der Waals surface area contributed by atoms with Crippen LogP contribution in [0.2, 0.25) is 0 Å². The van der Waals surface area contributed by atoms with Crippen LogP contribution in [-0.4, -0.2) is 9.55 Å². The van der Waals surface area contributed by atoms with Crippen molar-refractivity contribution in [2.45, 2.75) is 4.90 Å². The molecule has 0 saturated heterocycles. The lowest BCUT2D eigenvalue weighted by molar-refractivity contribution is 0.574. The number of aromatic nitrogens is 2. The normalized spacial score (nSPS) is 11.1. The van der Waals surface area contributed by atoms with E-state index >= 15 is 0 Å². The maximum Gasteiger partial charge on any atom is 0.176 e. The summed E-state index contributed by atoms with van der Waals surface area (Å²) in [5.74, 6) is 1.61. The lowest BCUT2D eigenvalue weighted by Gasteiger charge is -1.98. The minimum Gasteiger partial charge on any atom is -0.461 e. The maximum absolute atomic E-state index is 5.36. The van der Waals surface area contributed by atoms with Gasteiger partial charge in [-0.25, -0.2) is 4.98 Å². The predicted octanol–water partition coefficient (Wildman–Crippen LogP) is 3.12. The molecule has 3 nitrogen and oxygen atoms in total. The maximum atomic E-state index is 5.36. The average Bonchev–Trinajstić information content (AvgIpc) is 2.87. The van der Waals surface area contributed by atoms with Crippen molar-refractivity contribution in [3.8, 4) is 11.6 Å². The lowest BCUT2D eigenvalue weighted by atomic mass is 10.3. The Morgan fingerprint density at radius 2 is 2.19 bits per heavy atom. The first-order chi connectivity index (χ1) is 7.75. The monoisotopic (exact) mass is 230 g/mol. The molecule has 80 valence electrons. The van der Waals surface area contributed by atoms with Crippen molar-refractivity contribution in [1.82, 2.24) is 9.55 Å². The smallest absolute Gasteiger partial charge is 0.176 e. The van der Waals surface area contributed by atoms with Crippen molar-refractivity contribution in [1.29, 1.82) is 0 Å². The highest BCUT2D eigenvalue weighted by Gasteiger charge is 2.11. The van der Waals surface area contributed by atoms with Gasteiger partial charge in [-0.3, -0.25) is 0 Å². The van der Waals surface area contributed by atoms with Crippen LogP contribution < -0.4 is 0 Å². The first kappa shape index (κ1) is 9.54. The van der Waals surface area contributed by atoms with Gasteiger partial charge in [0.1, 0.15) is 0 Å². The van der Waals surface area contributed by atoms with Gasteiger partial charge in [0.25, 0.3) is 0 Å². The van der Waals surface area contributed by atoms with E-state index in [1.165, 1.54) is 0 Å². The number of hydrogen-bond donors (Lipinski definition) is 1. The third-order valence-electron chi connectivity index (χ3n) is 2.61. The molecule has 0 radical (unpaired) electrons. The minimum absolute atomic E-state index is 0.777. The molecule has 0 fully saturated rings. The molecule has 3 aromatic rings. The number of fused-ring (bicyclic) bond motifs is 1. The second kappa shape index (κ2) is 3.42. The van der Waals surface area contributed by atoms with Gasteiger partial charge in [0.15, 0.2) is 11.6 Å². The molecule has 0 spiro atoms. The molecule has 0 atom stereocenters. The van der Waals surface area contributed by atoms with Crippen LogP contribution in [0.15, 0.2) is 45.9 Å². The Hall–Kier alpha value is -1.68. The van der Waals surface area contributed by atoms with Crippen LogP contribution in [0.3, 0.4) is 0 Å². The number of furan rings is 1. The first-order valence-corrected chi connectivity index (χ1v) is 5.40. The molecule has 0 saturated carbocycles. The lowest BCUT2D eigenvalue weighted by Crippen LogP contribution is -1.90. The highest BCUT2D eigenvalue weighted by Crippen LogP contribution is 2.25. The summed E-state index contributed by atoms with van der Waals surface area (Å²) in [6.07, 6.45) is 1.65. The molecule has 0 amide bonds. The summed E-state index contributed by atoms with van der Waals surface area (Å²) in [6.45, 7) is 0. The third kappa shape index (κ3) is 1.34. The summed E-state index contributed by atoms with van der Waals surface area (Å²) in [5, 5.41) is 0. The molecule has 0 unspecified atom stereocenters. The largest absolute Gasteiger partial charge is 0.461 e. The van der Waals surface area contributed by atoms with Crippen LogP contribution >= 0.6 is 12.6 Å². The summed E-state index contributed by atoms with van der Waals surface area (Å²) in [5.41, 5.74) is 2.01. The molecule has 0 aliphatic heterocycles. The van der Waals surface area contributed by atoms with Crippen molar-refractivity contribution in [3.63, 3.8) is 0 Å². The average molecular weight is 230 g/mol. The molecule has 16 heavy (non-hydrogen) atoms. The topological polar surface area (TPSA) is 31.0 Å². The van der Waals surface area contributed by atoms with Crippen LogP contribution in [0.5, 0.6) is 0 Å². The molecule has 3 rings (SSSR count). The van der Waals surface area contributed by atoms with E-state index in [9.17, 15) is 0 Å². The molecule has 2 aromatic heterocycles. The molecular weight excluding hydrogens is 220 g/mol. The van der Waals surface area contributed by atoms with Crippen molar-refractivity contribution in [2.24, 2.45) is 7.05 Å². The van der Waals surface area contributed by atoms with E-state index in [4.69, 9.17) is 4.42 Å². The molecule has 1 aromatic carbocycles. The number of rotatable bonds is 1. The van der Waals surface area contributed by atoms with Crippen LogP contribution in [0.25, 0.3) is 22.6 Å². The highest BCUT2D eigenvalue weighted by molar-refractivity contribution is 7.80. The van der Waals surface area contributed by atoms with E-state index in [0.29, 0.717) is 0 Å². The molecular formula is C12H10N2OS. The summed E-state index contributed by atoms with van der Waals surface area (Å²) >= 11 is 4.33. The van der Waals surface area contributed by atoms with Gasteiger partial charge in [-0.05, 0) is 30.3 Å². The summed E-state index contributed by atoms with van der Waals surface area (Å²) in [7, 11) is 1.97. The fourth-order valence-electron chi connectivity index (χ4n) is 1.80. The van der Waals surface area contributed by atoms with E-state index in [1.807, 2.05) is 41.9 Å². The van der Waals surface area contributed by atoms with Crippen molar-refractivity contribution < 1.29 is 4.42 Å². The predicted molar refractivity (Wildman–Crippen MR) is 65.7 cm³/mol. The van der Waals surface area contributed by atoms with Crippen LogP contribution in [-0.2, 0) is 7.05 Å². The number of nitrogens with zero attached hydrogens (tertiary/aromatic N) is 2. The van der Waals surface area contributed by atoms with Crippen molar-refractivity contribution in [2.75, 3.05) is 0 Å². The molecule has 0 bridgehead atoms. The highest BCUT2D eigenvalue weighted by atomic mass is 32.1. The molecule has 0 aliphatic carbocycles. The third-order valence-corrected chi connectivity index (χ3v) is 2.88. The summed E-state index contributed by atoms with van der Waals surface area (Å²) in [6, 6.07) is 9.66. The molecule has 0 N–H and O–H groups in total. The van der Waals surface area contributed by atoms with Crippen LogP contribution in [0.1, 0.15) is 0 Å². The van der Waals surface area contributed by atoms with Gasteiger partial charge in [-0.2, -0.15) is 0 Å². The number of benzene rings is 1. The first-order valence-electron chi connectivity index (χ1n) is 4.95. The van der Waals surface area contributed by atoms with E-state index in [0.717, 1.165) is 27.5 Å².